The van der Waals surface area contributed by atoms with Gasteiger partial charge in [0.05, 0.1) is 18.8 Å². The zero-order valence-electron chi connectivity index (χ0n) is 22.0. The molecule has 4 aliphatic carbocycles. The van der Waals surface area contributed by atoms with Crippen LogP contribution in [-0.2, 0) is 14.2 Å². The molecule has 8 atom stereocenters. The molecule has 33 heavy (non-hydrogen) atoms. The fourth-order valence-corrected chi connectivity index (χ4v) is 9.55. The van der Waals surface area contributed by atoms with Gasteiger partial charge in [0.15, 0.2) is 5.79 Å². The first-order valence-electron chi connectivity index (χ1n) is 14.1. The number of ether oxygens (including phenoxy) is 3. The van der Waals surface area contributed by atoms with Gasteiger partial charge in [0.25, 0.3) is 0 Å². The Morgan fingerprint density at radius 1 is 0.970 bits per heavy atom. The van der Waals surface area contributed by atoms with E-state index in [0.29, 0.717) is 23.7 Å². The van der Waals surface area contributed by atoms with Crippen molar-refractivity contribution in [2.45, 2.75) is 116 Å². The first-order valence-corrected chi connectivity index (χ1v) is 14.1. The Balaban J connectivity index is 1.43. The third-order valence-corrected chi connectivity index (χ3v) is 11.1. The Kier molecular flexibility index (Phi) is 6.33. The first-order chi connectivity index (χ1) is 15.7. The lowest BCUT2D eigenvalue weighted by Gasteiger charge is -2.61. The summed E-state index contributed by atoms with van der Waals surface area (Å²) in [5.41, 5.74) is 9.30. The van der Waals surface area contributed by atoms with Gasteiger partial charge in [-0.1, -0.05) is 45.8 Å². The lowest BCUT2D eigenvalue weighted by atomic mass is 9.45. The molecule has 1 heterocycles. The molecule has 188 valence electrons. The van der Waals surface area contributed by atoms with Crippen LogP contribution in [0.15, 0.2) is 11.6 Å². The molecule has 8 unspecified atom stereocenters. The van der Waals surface area contributed by atoms with E-state index in [1.54, 1.807) is 5.57 Å². The SMILES string of the molecule is CCCOC1(CCC)CCC2(C)C(=CC(N)C3C2CCC2(C)C3CCC2C2(C)OCCO2)C1. The van der Waals surface area contributed by atoms with Crippen molar-refractivity contribution >= 4 is 0 Å². The van der Waals surface area contributed by atoms with E-state index in [0.717, 1.165) is 32.7 Å². The maximum Gasteiger partial charge on any atom is 0.169 e. The highest BCUT2D eigenvalue weighted by Gasteiger charge is 2.64. The second-order valence-corrected chi connectivity index (χ2v) is 12.8. The molecule has 4 heteroatoms. The van der Waals surface area contributed by atoms with Crippen molar-refractivity contribution in [1.29, 1.82) is 0 Å². The van der Waals surface area contributed by atoms with Crippen molar-refractivity contribution in [2.75, 3.05) is 19.8 Å². The lowest BCUT2D eigenvalue weighted by molar-refractivity contribution is -0.215. The van der Waals surface area contributed by atoms with E-state index in [9.17, 15) is 0 Å². The van der Waals surface area contributed by atoms with E-state index in [-0.39, 0.29) is 22.5 Å². The van der Waals surface area contributed by atoms with E-state index >= 15 is 0 Å². The summed E-state index contributed by atoms with van der Waals surface area (Å²) in [6, 6.07) is 0.170. The van der Waals surface area contributed by atoms with Crippen LogP contribution in [0, 0.1) is 34.5 Å². The topological polar surface area (TPSA) is 53.7 Å². The van der Waals surface area contributed by atoms with Crippen LogP contribution in [0.4, 0.5) is 0 Å². The summed E-state index contributed by atoms with van der Waals surface area (Å²) < 4.78 is 19.0. The quantitative estimate of drug-likeness (QED) is 0.478. The smallest absolute Gasteiger partial charge is 0.169 e. The minimum Gasteiger partial charge on any atom is -0.375 e. The Morgan fingerprint density at radius 3 is 2.42 bits per heavy atom. The molecule has 5 aliphatic rings. The molecule has 4 fully saturated rings. The standard InChI is InChI=1S/C29H49NO3/c1-6-11-29(33-15-7-2)14-13-26(3)20(19-29)18-23(30)25-21-8-9-24(28(5)31-16-17-32-28)27(21,4)12-10-22(25)26/h18,21-25H,6-17,19,30H2,1-5H3. The number of nitrogens with two attached hydrogens (primary N) is 1. The highest BCUT2D eigenvalue weighted by molar-refractivity contribution is 5.30. The molecule has 0 aromatic heterocycles. The summed E-state index contributed by atoms with van der Waals surface area (Å²) in [5.74, 6) is 2.04. The average molecular weight is 460 g/mol. The Morgan fingerprint density at radius 2 is 1.73 bits per heavy atom. The van der Waals surface area contributed by atoms with E-state index in [1.807, 2.05) is 0 Å². The fourth-order valence-electron chi connectivity index (χ4n) is 9.55. The number of hydrogen-bond donors (Lipinski definition) is 1. The average Bonchev–Trinajstić information content (AvgIpc) is 3.37. The minimum atomic E-state index is -0.402. The zero-order valence-corrected chi connectivity index (χ0v) is 22.0. The van der Waals surface area contributed by atoms with Gasteiger partial charge in [-0.2, -0.15) is 0 Å². The van der Waals surface area contributed by atoms with Crippen LogP contribution in [-0.4, -0.2) is 37.3 Å². The molecule has 0 bridgehead atoms. The first kappa shape index (κ1) is 24.3. The van der Waals surface area contributed by atoms with Crippen LogP contribution in [0.1, 0.15) is 98.8 Å². The van der Waals surface area contributed by atoms with Crippen LogP contribution in [0.2, 0.25) is 0 Å². The third-order valence-electron chi connectivity index (χ3n) is 11.1. The number of hydrogen-bond acceptors (Lipinski definition) is 4. The summed E-state index contributed by atoms with van der Waals surface area (Å²) in [5, 5.41) is 0. The van der Waals surface area contributed by atoms with Crippen molar-refractivity contribution < 1.29 is 14.2 Å². The van der Waals surface area contributed by atoms with Gasteiger partial charge in [0.2, 0.25) is 0 Å². The Hall–Kier alpha value is -0.420. The monoisotopic (exact) mass is 459 g/mol. The summed E-state index contributed by atoms with van der Waals surface area (Å²) in [7, 11) is 0. The van der Waals surface area contributed by atoms with Gasteiger partial charge in [0, 0.05) is 18.6 Å². The van der Waals surface area contributed by atoms with Crippen molar-refractivity contribution in [3.8, 4) is 0 Å². The summed E-state index contributed by atoms with van der Waals surface area (Å²) in [6.45, 7) is 14.2. The van der Waals surface area contributed by atoms with Gasteiger partial charge in [0.1, 0.15) is 0 Å². The lowest BCUT2D eigenvalue weighted by Crippen LogP contribution is -2.59. The second-order valence-electron chi connectivity index (χ2n) is 12.8. The maximum atomic E-state index is 7.08. The van der Waals surface area contributed by atoms with Gasteiger partial charge in [-0.3, -0.25) is 0 Å². The predicted molar refractivity (Wildman–Crippen MR) is 133 cm³/mol. The minimum absolute atomic E-state index is 0.0377. The number of fused-ring (bicyclic) bond motifs is 5. The highest BCUT2D eigenvalue weighted by atomic mass is 16.7. The van der Waals surface area contributed by atoms with Crippen molar-refractivity contribution in [3.05, 3.63) is 11.6 Å². The van der Waals surface area contributed by atoms with Gasteiger partial charge in [-0.25, -0.2) is 0 Å². The van der Waals surface area contributed by atoms with Crippen LogP contribution in [0.3, 0.4) is 0 Å². The van der Waals surface area contributed by atoms with E-state index < -0.39 is 5.79 Å². The van der Waals surface area contributed by atoms with Gasteiger partial charge in [-0.05, 0) is 93.3 Å². The van der Waals surface area contributed by atoms with Crippen molar-refractivity contribution in [3.63, 3.8) is 0 Å². The molecule has 0 radical (unpaired) electrons. The molecule has 0 aromatic rings. The van der Waals surface area contributed by atoms with Crippen LogP contribution in [0.5, 0.6) is 0 Å². The van der Waals surface area contributed by atoms with Gasteiger partial charge >= 0.3 is 0 Å². The molecule has 5 rings (SSSR count). The van der Waals surface area contributed by atoms with E-state index in [1.165, 1.54) is 51.4 Å². The van der Waals surface area contributed by atoms with Crippen LogP contribution in [0.25, 0.3) is 0 Å². The van der Waals surface area contributed by atoms with E-state index in [2.05, 4.69) is 40.7 Å². The predicted octanol–water partition coefficient (Wildman–Crippen LogP) is 6.23. The molecule has 0 spiro atoms. The van der Waals surface area contributed by atoms with Crippen molar-refractivity contribution in [1.82, 2.24) is 0 Å². The molecule has 1 aliphatic heterocycles. The Labute approximate surface area is 202 Å². The largest absolute Gasteiger partial charge is 0.375 e. The van der Waals surface area contributed by atoms with Gasteiger partial charge in [-0.15, -0.1) is 0 Å². The zero-order chi connectivity index (χ0) is 23.5. The fraction of sp³-hybridized carbons (Fsp3) is 0.931. The summed E-state index contributed by atoms with van der Waals surface area (Å²) in [4.78, 5) is 0. The molecule has 2 N–H and O–H groups in total. The Bertz CT molecular complexity index is 760. The highest BCUT2D eigenvalue weighted by Crippen LogP contribution is 2.68. The third kappa shape index (κ3) is 3.69. The van der Waals surface area contributed by atoms with Crippen molar-refractivity contribution in [2.24, 2.45) is 40.2 Å². The molecule has 0 amide bonds. The molecule has 4 nitrogen and oxygen atoms in total. The molecule has 1 saturated heterocycles. The van der Waals surface area contributed by atoms with E-state index in [4.69, 9.17) is 19.9 Å². The summed E-state index contributed by atoms with van der Waals surface area (Å²) >= 11 is 0. The second kappa shape index (κ2) is 8.61. The van der Waals surface area contributed by atoms with Gasteiger partial charge < -0.3 is 19.9 Å². The molecular formula is C29H49NO3. The maximum absolute atomic E-state index is 7.08. The van der Waals surface area contributed by atoms with Crippen LogP contribution < -0.4 is 5.73 Å². The molecule has 0 aromatic carbocycles. The number of rotatable bonds is 6. The van der Waals surface area contributed by atoms with Crippen LogP contribution >= 0.6 is 0 Å². The summed E-state index contributed by atoms with van der Waals surface area (Å²) in [6.07, 6.45) is 14.6. The molecule has 3 saturated carbocycles. The molecular weight excluding hydrogens is 410 g/mol. The normalized spacial score (nSPS) is 48.7.